The summed E-state index contributed by atoms with van der Waals surface area (Å²) < 4.78 is 5.20. The normalized spacial score (nSPS) is 12.5. The first-order valence-corrected chi connectivity index (χ1v) is 6.00. The van der Waals surface area contributed by atoms with Gasteiger partial charge in [-0.1, -0.05) is 18.2 Å². The molecular weight excluding hydrogens is 214 g/mol. The lowest BCUT2D eigenvalue weighted by molar-refractivity contribution is 0.0492. The van der Waals surface area contributed by atoms with Gasteiger partial charge in [0.05, 0.1) is 12.2 Å². The molecule has 0 spiro atoms. The summed E-state index contributed by atoms with van der Waals surface area (Å²) in [6, 6.07) is 9.62. The molecule has 1 atom stereocenters. The summed E-state index contributed by atoms with van der Waals surface area (Å²) in [6.45, 7) is 2.66. The Kier molecular flexibility index (Phi) is 5.70. The average Bonchev–Trinajstić information content (AvgIpc) is 2.35. The van der Waals surface area contributed by atoms with E-state index in [1.807, 2.05) is 18.2 Å². The van der Waals surface area contributed by atoms with Crippen molar-refractivity contribution in [3.8, 4) is 0 Å². The van der Waals surface area contributed by atoms with Crippen molar-refractivity contribution in [2.24, 2.45) is 0 Å². The highest BCUT2D eigenvalue weighted by atomic mass is 16.5. The molecule has 0 aliphatic carbocycles. The molecule has 0 heterocycles. The number of hydrogen-bond acceptors (Lipinski definition) is 3. The zero-order valence-electron chi connectivity index (χ0n) is 10.8. The lowest BCUT2D eigenvalue weighted by Gasteiger charge is -2.19. The van der Waals surface area contributed by atoms with E-state index in [2.05, 4.69) is 25.9 Å². The van der Waals surface area contributed by atoms with Gasteiger partial charge in [-0.05, 0) is 46.0 Å². The minimum absolute atomic E-state index is 0.233. The Bertz CT molecular complexity index is 335. The maximum Gasteiger partial charge on any atom is 0.338 e. The van der Waals surface area contributed by atoms with Crippen LogP contribution >= 0.6 is 0 Å². The van der Waals surface area contributed by atoms with Crippen LogP contribution in [-0.2, 0) is 4.74 Å². The maximum absolute atomic E-state index is 11.6. The van der Waals surface area contributed by atoms with Gasteiger partial charge in [0, 0.05) is 6.04 Å². The Morgan fingerprint density at radius 3 is 2.53 bits per heavy atom. The number of esters is 1. The molecule has 0 amide bonds. The minimum atomic E-state index is -0.233. The minimum Gasteiger partial charge on any atom is -0.462 e. The summed E-state index contributed by atoms with van der Waals surface area (Å²) in [5, 5.41) is 0. The van der Waals surface area contributed by atoms with Gasteiger partial charge in [-0.25, -0.2) is 4.79 Å². The van der Waals surface area contributed by atoms with E-state index < -0.39 is 0 Å². The standard InChI is InChI=1S/C14H21NO2/c1-12(15(2)3)8-7-11-17-14(16)13-9-5-4-6-10-13/h4-6,9-10,12H,7-8,11H2,1-3H3. The number of hydrogen-bond donors (Lipinski definition) is 0. The second-order valence-corrected chi connectivity index (χ2v) is 4.46. The molecule has 0 saturated carbocycles. The van der Waals surface area contributed by atoms with Gasteiger partial charge in [-0.2, -0.15) is 0 Å². The molecule has 0 saturated heterocycles. The van der Waals surface area contributed by atoms with Gasteiger partial charge in [0.2, 0.25) is 0 Å². The SMILES string of the molecule is CC(CCCOC(=O)c1ccccc1)N(C)C. The second-order valence-electron chi connectivity index (χ2n) is 4.46. The Morgan fingerprint density at radius 1 is 1.29 bits per heavy atom. The van der Waals surface area contributed by atoms with E-state index in [4.69, 9.17) is 4.74 Å². The molecule has 0 aromatic heterocycles. The lowest BCUT2D eigenvalue weighted by Crippen LogP contribution is -2.24. The van der Waals surface area contributed by atoms with Gasteiger partial charge in [0.15, 0.2) is 0 Å². The van der Waals surface area contributed by atoms with Crippen molar-refractivity contribution < 1.29 is 9.53 Å². The highest BCUT2D eigenvalue weighted by Crippen LogP contribution is 2.05. The molecule has 1 aromatic carbocycles. The molecule has 1 rings (SSSR count). The molecule has 0 radical (unpaired) electrons. The smallest absolute Gasteiger partial charge is 0.338 e. The number of carbonyl (C=O) groups excluding carboxylic acids is 1. The van der Waals surface area contributed by atoms with Crippen molar-refractivity contribution in [2.75, 3.05) is 20.7 Å². The summed E-state index contributed by atoms with van der Waals surface area (Å²) in [5.74, 6) is -0.233. The highest BCUT2D eigenvalue weighted by Gasteiger charge is 2.07. The summed E-state index contributed by atoms with van der Waals surface area (Å²) in [4.78, 5) is 13.8. The zero-order valence-corrected chi connectivity index (χ0v) is 10.8. The van der Waals surface area contributed by atoms with Crippen molar-refractivity contribution in [3.63, 3.8) is 0 Å². The van der Waals surface area contributed by atoms with Gasteiger partial charge in [0.1, 0.15) is 0 Å². The van der Waals surface area contributed by atoms with E-state index in [-0.39, 0.29) is 5.97 Å². The molecule has 17 heavy (non-hydrogen) atoms. The van der Waals surface area contributed by atoms with E-state index in [1.165, 1.54) is 0 Å². The zero-order chi connectivity index (χ0) is 12.7. The van der Waals surface area contributed by atoms with Crippen LogP contribution in [0, 0.1) is 0 Å². The molecule has 3 nitrogen and oxygen atoms in total. The number of ether oxygens (including phenoxy) is 1. The van der Waals surface area contributed by atoms with E-state index in [0.29, 0.717) is 18.2 Å². The van der Waals surface area contributed by atoms with Gasteiger partial charge < -0.3 is 9.64 Å². The number of nitrogens with zero attached hydrogens (tertiary/aromatic N) is 1. The molecule has 1 aromatic rings. The fraction of sp³-hybridized carbons (Fsp3) is 0.500. The Morgan fingerprint density at radius 2 is 1.94 bits per heavy atom. The molecule has 0 N–H and O–H groups in total. The fourth-order valence-electron chi connectivity index (χ4n) is 1.46. The summed E-state index contributed by atoms with van der Waals surface area (Å²) in [5.41, 5.74) is 0.619. The first-order valence-electron chi connectivity index (χ1n) is 6.00. The Labute approximate surface area is 103 Å². The van der Waals surface area contributed by atoms with E-state index >= 15 is 0 Å². The molecule has 1 unspecified atom stereocenters. The van der Waals surface area contributed by atoms with Crippen LogP contribution in [0.3, 0.4) is 0 Å². The molecule has 94 valence electrons. The first kappa shape index (κ1) is 13.7. The summed E-state index contributed by atoms with van der Waals surface area (Å²) in [6.07, 6.45) is 1.94. The largest absolute Gasteiger partial charge is 0.462 e. The van der Waals surface area contributed by atoms with Crippen molar-refractivity contribution in [1.29, 1.82) is 0 Å². The monoisotopic (exact) mass is 235 g/mol. The highest BCUT2D eigenvalue weighted by molar-refractivity contribution is 5.89. The van der Waals surface area contributed by atoms with Crippen LogP contribution < -0.4 is 0 Å². The van der Waals surface area contributed by atoms with Crippen LogP contribution in [0.4, 0.5) is 0 Å². The third-order valence-electron chi connectivity index (χ3n) is 2.89. The predicted octanol–water partition coefficient (Wildman–Crippen LogP) is 2.57. The van der Waals surface area contributed by atoms with Crippen LogP contribution in [0.15, 0.2) is 30.3 Å². The molecular formula is C14H21NO2. The van der Waals surface area contributed by atoms with E-state index in [9.17, 15) is 4.79 Å². The van der Waals surface area contributed by atoms with Crippen molar-refractivity contribution in [3.05, 3.63) is 35.9 Å². The molecule has 0 aliphatic heterocycles. The van der Waals surface area contributed by atoms with Gasteiger partial charge in [-0.15, -0.1) is 0 Å². The van der Waals surface area contributed by atoms with Crippen LogP contribution in [0.25, 0.3) is 0 Å². The Hall–Kier alpha value is -1.35. The third kappa shape index (κ3) is 5.00. The van der Waals surface area contributed by atoms with E-state index in [0.717, 1.165) is 12.8 Å². The van der Waals surface area contributed by atoms with Crippen molar-refractivity contribution >= 4 is 5.97 Å². The van der Waals surface area contributed by atoms with Gasteiger partial charge in [-0.3, -0.25) is 0 Å². The fourth-order valence-corrected chi connectivity index (χ4v) is 1.46. The summed E-state index contributed by atoms with van der Waals surface area (Å²) >= 11 is 0. The van der Waals surface area contributed by atoms with Crippen LogP contribution in [-0.4, -0.2) is 37.6 Å². The summed E-state index contributed by atoms with van der Waals surface area (Å²) in [7, 11) is 4.11. The predicted molar refractivity (Wildman–Crippen MR) is 69.1 cm³/mol. The van der Waals surface area contributed by atoms with Gasteiger partial charge >= 0.3 is 5.97 Å². The first-order chi connectivity index (χ1) is 8.11. The molecule has 0 bridgehead atoms. The van der Waals surface area contributed by atoms with E-state index in [1.54, 1.807) is 12.1 Å². The van der Waals surface area contributed by atoms with Crippen LogP contribution in [0.5, 0.6) is 0 Å². The third-order valence-corrected chi connectivity index (χ3v) is 2.89. The lowest BCUT2D eigenvalue weighted by atomic mass is 10.2. The van der Waals surface area contributed by atoms with Crippen molar-refractivity contribution in [2.45, 2.75) is 25.8 Å². The quantitative estimate of drug-likeness (QED) is 0.560. The van der Waals surface area contributed by atoms with Gasteiger partial charge in [0.25, 0.3) is 0 Å². The maximum atomic E-state index is 11.6. The number of benzene rings is 1. The Balaban J connectivity index is 2.22. The molecule has 3 heteroatoms. The molecule has 0 aliphatic rings. The number of carbonyl (C=O) groups is 1. The average molecular weight is 235 g/mol. The van der Waals surface area contributed by atoms with Crippen LogP contribution in [0.1, 0.15) is 30.1 Å². The molecule has 0 fully saturated rings. The van der Waals surface area contributed by atoms with Crippen LogP contribution in [0.2, 0.25) is 0 Å². The number of rotatable bonds is 6. The topological polar surface area (TPSA) is 29.5 Å². The van der Waals surface area contributed by atoms with Crippen molar-refractivity contribution in [1.82, 2.24) is 4.90 Å². The second kappa shape index (κ2) is 7.07.